The lowest BCUT2D eigenvalue weighted by Crippen LogP contribution is -2.51. The number of hydrogen-bond acceptors (Lipinski definition) is 8. The van der Waals surface area contributed by atoms with Gasteiger partial charge in [-0.05, 0) is 24.9 Å². The first-order chi connectivity index (χ1) is 8.89. The van der Waals surface area contributed by atoms with E-state index in [1.165, 1.54) is 11.8 Å². The minimum atomic E-state index is -1.83. The van der Waals surface area contributed by atoms with E-state index < -0.39 is 23.6 Å². The van der Waals surface area contributed by atoms with Crippen LogP contribution in [0.2, 0.25) is 0 Å². The largest absolute Gasteiger partial charge is 0.393 e. The summed E-state index contributed by atoms with van der Waals surface area (Å²) in [4.78, 5) is 42.0. The van der Waals surface area contributed by atoms with Crippen LogP contribution in [0.3, 0.4) is 0 Å². The van der Waals surface area contributed by atoms with E-state index >= 15 is 0 Å². The Morgan fingerprint density at radius 3 is 2.58 bits per heavy atom. The molecule has 0 amide bonds. The van der Waals surface area contributed by atoms with Crippen LogP contribution in [-0.2, 0) is 24.2 Å². The first-order valence-corrected chi connectivity index (χ1v) is 7.13. The van der Waals surface area contributed by atoms with Gasteiger partial charge in [0.25, 0.3) is 0 Å². The molecule has 0 aromatic carbocycles. The summed E-state index contributed by atoms with van der Waals surface area (Å²) in [5.74, 6) is -1.55. The number of rotatable bonds is 8. The second kappa shape index (κ2) is 8.89. The lowest BCUT2D eigenvalue weighted by atomic mass is 10.0. The van der Waals surface area contributed by atoms with E-state index in [1.807, 2.05) is 0 Å². The van der Waals surface area contributed by atoms with E-state index in [4.69, 9.17) is 5.73 Å². The molecular weight excluding hydrogens is 274 g/mol. The molecule has 0 fully saturated rings. The molecule has 3 N–H and O–H groups in total. The summed E-state index contributed by atoms with van der Waals surface area (Å²) < 4.78 is 0. The predicted octanol–water partition coefficient (Wildman–Crippen LogP) is -0.202. The molecule has 2 unspecified atom stereocenters. The lowest BCUT2D eigenvalue weighted by Gasteiger charge is -2.18. The van der Waals surface area contributed by atoms with Gasteiger partial charge >= 0.3 is 11.9 Å². The Kier molecular flexibility index (Phi) is 8.37. The van der Waals surface area contributed by atoms with Crippen LogP contribution in [0.1, 0.15) is 26.2 Å². The average molecular weight is 293 g/mol. The molecular formula is C11H19NO6S. The van der Waals surface area contributed by atoms with Crippen molar-refractivity contribution >= 4 is 30.0 Å². The molecule has 0 aliphatic heterocycles. The highest BCUT2D eigenvalue weighted by atomic mass is 32.2. The van der Waals surface area contributed by atoms with Crippen LogP contribution in [0.15, 0.2) is 0 Å². The Labute approximate surface area is 115 Å². The third-order valence-corrected chi connectivity index (χ3v) is 3.01. The molecule has 110 valence electrons. The van der Waals surface area contributed by atoms with Gasteiger partial charge in [0.2, 0.25) is 0 Å². The molecule has 0 bridgehead atoms. The fourth-order valence-electron chi connectivity index (χ4n) is 1.01. The Hall–Kier alpha value is -1.12. The number of thioether (sulfide) groups is 1. The van der Waals surface area contributed by atoms with Gasteiger partial charge in [-0.2, -0.15) is 11.8 Å². The van der Waals surface area contributed by atoms with Crippen molar-refractivity contribution in [3.05, 3.63) is 0 Å². The third-order valence-electron chi connectivity index (χ3n) is 2.39. The van der Waals surface area contributed by atoms with Gasteiger partial charge in [-0.3, -0.25) is 0 Å². The zero-order valence-corrected chi connectivity index (χ0v) is 11.8. The van der Waals surface area contributed by atoms with Crippen molar-refractivity contribution in [2.45, 2.75) is 37.8 Å². The first kappa shape index (κ1) is 17.9. The number of carbonyl (C=O) groups is 3. The molecule has 2 atom stereocenters. The monoisotopic (exact) mass is 293 g/mol. The topological polar surface area (TPSA) is 116 Å². The van der Waals surface area contributed by atoms with Crippen LogP contribution in [0.5, 0.6) is 0 Å². The Bertz CT molecular complexity index is 324. The molecule has 0 spiro atoms. The molecule has 0 aliphatic rings. The number of hydrogen-bond donors (Lipinski definition) is 2. The van der Waals surface area contributed by atoms with Gasteiger partial charge in [0.1, 0.15) is 0 Å². The number of carbonyl (C=O) groups excluding carboxylic acids is 3. The van der Waals surface area contributed by atoms with E-state index in [1.54, 1.807) is 13.2 Å². The number of aliphatic hydroxyl groups is 1. The minimum Gasteiger partial charge on any atom is -0.393 e. The van der Waals surface area contributed by atoms with Gasteiger partial charge in [-0.1, -0.05) is 6.92 Å². The molecule has 0 aromatic heterocycles. The van der Waals surface area contributed by atoms with Crippen LogP contribution in [0, 0.1) is 0 Å². The van der Waals surface area contributed by atoms with Gasteiger partial charge in [0.05, 0.1) is 12.5 Å². The standard InChI is InChI=1S/C11H19NO6S/c1-3-8(14)6-9(15)17-18-10(16)11(12,7-13)4-5-19-2/h7-8,14H,3-6,12H2,1-2H3. The summed E-state index contributed by atoms with van der Waals surface area (Å²) in [6, 6.07) is 0. The molecule has 0 rings (SSSR count). The van der Waals surface area contributed by atoms with Crippen molar-refractivity contribution in [2.24, 2.45) is 5.73 Å². The van der Waals surface area contributed by atoms with Gasteiger partial charge in [0, 0.05) is 0 Å². The molecule has 0 radical (unpaired) electrons. The molecule has 19 heavy (non-hydrogen) atoms. The van der Waals surface area contributed by atoms with Gasteiger partial charge < -0.3 is 15.6 Å². The maximum Gasteiger partial charge on any atom is 0.382 e. The fraction of sp³-hybridized carbons (Fsp3) is 0.727. The SMILES string of the molecule is CCC(O)CC(=O)OOC(=O)C(N)(C=O)CCSC. The van der Waals surface area contributed by atoms with Crippen molar-refractivity contribution in [1.82, 2.24) is 0 Å². The highest BCUT2D eigenvalue weighted by Gasteiger charge is 2.37. The zero-order valence-electron chi connectivity index (χ0n) is 11.0. The summed E-state index contributed by atoms with van der Waals surface area (Å²) in [6.07, 6.45) is 1.34. The lowest BCUT2D eigenvalue weighted by molar-refractivity contribution is -0.263. The van der Waals surface area contributed by atoms with Crippen molar-refractivity contribution in [3.8, 4) is 0 Å². The molecule has 0 saturated heterocycles. The number of aldehydes is 1. The van der Waals surface area contributed by atoms with E-state index in [9.17, 15) is 19.5 Å². The van der Waals surface area contributed by atoms with Gasteiger partial charge in [-0.25, -0.2) is 19.4 Å². The first-order valence-electron chi connectivity index (χ1n) is 5.73. The van der Waals surface area contributed by atoms with Crippen molar-refractivity contribution < 1.29 is 29.3 Å². The highest BCUT2D eigenvalue weighted by Crippen LogP contribution is 2.11. The Morgan fingerprint density at radius 1 is 1.47 bits per heavy atom. The molecule has 0 aliphatic carbocycles. The molecule has 0 aromatic rings. The van der Waals surface area contributed by atoms with E-state index in [2.05, 4.69) is 9.78 Å². The summed E-state index contributed by atoms with van der Waals surface area (Å²) in [5.41, 5.74) is 3.72. The summed E-state index contributed by atoms with van der Waals surface area (Å²) in [6.45, 7) is 1.68. The quantitative estimate of drug-likeness (QED) is 0.273. The van der Waals surface area contributed by atoms with E-state index in [-0.39, 0.29) is 19.1 Å². The van der Waals surface area contributed by atoms with Crippen LogP contribution in [0.4, 0.5) is 0 Å². The van der Waals surface area contributed by atoms with Crippen LogP contribution in [-0.4, -0.2) is 47.0 Å². The number of aliphatic hydroxyl groups excluding tert-OH is 1. The Morgan fingerprint density at radius 2 is 2.11 bits per heavy atom. The van der Waals surface area contributed by atoms with E-state index in [0.717, 1.165) is 0 Å². The molecule has 7 nitrogen and oxygen atoms in total. The normalized spacial score (nSPS) is 15.2. The molecule has 0 heterocycles. The van der Waals surface area contributed by atoms with Gasteiger partial charge in [0.15, 0.2) is 11.8 Å². The molecule has 8 heteroatoms. The minimum absolute atomic E-state index is 0.0750. The number of nitrogens with two attached hydrogens (primary N) is 1. The van der Waals surface area contributed by atoms with E-state index in [0.29, 0.717) is 12.2 Å². The maximum atomic E-state index is 11.5. The molecule has 0 saturated carbocycles. The highest BCUT2D eigenvalue weighted by molar-refractivity contribution is 7.98. The average Bonchev–Trinajstić information content (AvgIpc) is 2.41. The van der Waals surface area contributed by atoms with Gasteiger partial charge in [-0.15, -0.1) is 0 Å². The predicted molar refractivity (Wildman–Crippen MR) is 69.1 cm³/mol. The Balaban J connectivity index is 4.27. The maximum absolute atomic E-state index is 11.5. The smallest absolute Gasteiger partial charge is 0.382 e. The summed E-state index contributed by atoms with van der Waals surface area (Å²) >= 11 is 1.41. The van der Waals surface area contributed by atoms with Crippen molar-refractivity contribution in [3.63, 3.8) is 0 Å². The van der Waals surface area contributed by atoms with Crippen LogP contribution in [0.25, 0.3) is 0 Å². The second-order valence-corrected chi connectivity index (χ2v) is 4.98. The third kappa shape index (κ3) is 6.55. The summed E-state index contributed by atoms with van der Waals surface area (Å²) in [5, 5.41) is 9.19. The fourth-order valence-corrected chi connectivity index (χ4v) is 1.55. The van der Waals surface area contributed by atoms with Crippen molar-refractivity contribution in [1.29, 1.82) is 0 Å². The summed E-state index contributed by atoms with van der Waals surface area (Å²) in [7, 11) is 0. The second-order valence-electron chi connectivity index (χ2n) is 3.99. The van der Waals surface area contributed by atoms with Crippen LogP contribution >= 0.6 is 11.8 Å². The van der Waals surface area contributed by atoms with Crippen LogP contribution < -0.4 is 5.73 Å². The van der Waals surface area contributed by atoms with Crippen molar-refractivity contribution in [2.75, 3.05) is 12.0 Å². The zero-order chi connectivity index (χ0) is 14.9.